The highest BCUT2D eigenvalue weighted by molar-refractivity contribution is 5.50. The lowest BCUT2D eigenvalue weighted by atomic mass is 9.90. The maximum absolute atomic E-state index is 10.1. The molecule has 80 valence electrons. The van der Waals surface area contributed by atoms with Gasteiger partial charge < -0.3 is 0 Å². The summed E-state index contributed by atoms with van der Waals surface area (Å²) in [5, 5.41) is 0. The number of isocyanates is 1. The van der Waals surface area contributed by atoms with E-state index in [2.05, 4.69) is 39.6 Å². The number of carbonyl (C=O) groups excluding carboxylic acids is 1. The second-order valence-corrected chi connectivity index (χ2v) is 4.01. The van der Waals surface area contributed by atoms with Crippen LogP contribution in [0.3, 0.4) is 0 Å². The molecule has 0 unspecified atom stereocenters. The average molecular weight is 203 g/mol. The molecular weight excluding hydrogens is 186 g/mol. The molecular formula is C13H17NO. The lowest BCUT2D eigenvalue weighted by Crippen LogP contribution is -2.01. The van der Waals surface area contributed by atoms with Crippen molar-refractivity contribution in [2.24, 2.45) is 4.99 Å². The predicted molar refractivity (Wildman–Crippen MR) is 62.0 cm³/mol. The van der Waals surface area contributed by atoms with Crippen molar-refractivity contribution in [1.82, 2.24) is 0 Å². The van der Waals surface area contributed by atoms with Crippen molar-refractivity contribution in [3.05, 3.63) is 33.4 Å². The zero-order valence-corrected chi connectivity index (χ0v) is 10.1. The molecule has 0 amide bonds. The van der Waals surface area contributed by atoms with Crippen LogP contribution in [0.25, 0.3) is 0 Å². The predicted octanol–water partition coefficient (Wildman–Crippen LogP) is 3.06. The lowest BCUT2D eigenvalue weighted by molar-refractivity contribution is 0.562. The minimum absolute atomic E-state index is 0.448. The van der Waals surface area contributed by atoms with Crippen molar-refractivity contribution in [1.29, 1.82) is 0 Å². The second-order valence-electron chi connectivity index (χ2n) is 4.01. The van der Waals surface area contributed by atoms with Crippen LogP contribution in [0, 0.1) is 34.6 Å². The van der Waals surface area contributed by atoms with Gasteiger partial charge in [-0.05, 0) is 68.0 Å². The van der Waals surface area contributed by atoms with Gasteiger partial charge in [0.2, 0.25) is 6.08 Å². The molecule has 0 aromatic heterocycles. The number of hydrogen-bond donors (Lipinski definition) is 0. The minimum atomic E-state index is 0.448. The zero-order chi connectivity index (χ0) is 11.6. The third kappa shape index (κ3) is 2.00. The van der Waals surface area contributed by atoms with Gasteiger partial charge in [-0.15, -0.1) is 0 Å². The standard InChI is InChI=1S/C13H17NO/c1-8-9(2)11(4)13(6-14-7-15)12(5)10(8)3/h6H2,1-5H3. The van der Waals surface area contributed by atoms with Crippen molar-refractivity contribution in [2.75, 3.05) is 0 Å². The molecule has 2 nitrogen and oxygen atoms in total. The normalized spacial score (nSPS) is 9.93. The molecule has 0 radical (unpaired) electrons. The highest BCUT2D eigenvalue weighted by Gasteiger charge is 2.11. The number of nitrogens with zero attached hydrogens (tertiary/aromatic N) is 1. The van der Waals surface area contributed by atoms with Crippen molar-refractivity contribution >= 4 is 6.08 Å². The first-order valence-electron chi connectivity index (χ1n) is 5.10. The highest BCUT2D eigenvalue weighted by Crippen LogP contribution is 2.26. The van der Waals surface area contributed by atoms with Crippen LogP contribution in [0.5, 0.6) is 0 Å². The summed E-state index contributed by atoms with van der Waals surface area (Å²) in [6.07, 6.45) is 1.60. The third-order valence-corrected chi connectivity index (χ3v) is 3.46. The average Bonchev–Trinajstić information content (AvgIpc) is 2.24. The molecule has 0 aliphatic heterocycles. The first-order valence-corrected chi connectivity index (χ1v) is 5.10. The Morgan fingerprint density at radius 1 is 0.867 bits per heavy atom. The van der Waals surface area contributed by atoms with E-state index in [4.69, 9.17) is 0 Å². The van der Waals surface area contributed by atoms with E-state index >= 15 is 0 Å². The maximum atomic E-state index is 10.1. The Kier molecular flexibility index (Phi) is 3.43. The van der Waals surface area contributed by atoms with E-state index in [-0.39, 0.29) is 0 Å². The van der Waals surface area contributed by atoms with E-state index in [0.29, 0.717) is 6.54 Å². The van der Waals surface area contributed by atoms with Gasteiger partial charge in [-0.3, -0.25) is 0 Å². The van der Waals surface area contributed by atoms with Gasteiger partial charge in [0.25, 0.3) is 0 Å². The molecule has 0 saturated carbocycles. The van der Waals surface area contributed by atoms with Gasteiger partial charge in [0.15, 0.2) is 0 Å². The van der Waals surface area contributed by atoms with Crippen molar-refractivity contribution in [3.8, 4) is 0 Å². The number of hydrogen-bond acceptors (Lipinski definition) is 2. The topological polar surface area (TPSA) is 29.4 Å². The van der Waals surface area contributed by atoms with Gasteiger partial charge in [-0.25, -0.2) is 9.79 Å². The molecule has 15 heavy (non-hydrogen) atoms. The largest absolute Gasteiger partial charge is 0.235 e. The summed E-state index contributed by atoms with van der Waals surface area (Å²) in [6, 6.07) is 0. The summed E-state index contributed by atoms with van der Waals surface area (Å²) in [6.45, 7) is 11.0. The van der Waals surface area contributed by atoms with E-state index in [0.717, 1.165) is 0 Å². The van der Waals surface area contributed by atoms with Crippen LogP contribution in [0.4, 0.5) is 0 Å². The van der Waals surface area contributed by atoms with E-state index in [1.807, 2.05) is 0 Å². The number of benzene rings is 1. The van der Waals surface area contributed by atoms with Gasteiger partial charge in [-0.1, -0.05) is 0 Å². The molecule has 2 heteroatoms. The smallest absolute Gasteiger partial charge is 0.211 e. The first-order chi connectivity index (χ1) is 7.00. The van der Waals surface area contributed by atoms with E-state index in [1.165, 1.54) is 33.4 Å². The van der Waals surface area contributed by atoms with Crippen LogP contribution in [-0.2, 0) is 11.3 Å². The highest BCUT2D eigenvalue weighted by atomic mass is 16.1. The minimum Gasteiger partial charge on any atom is -0.211 e. The van der Waals surface area contributed by atoms with Crippen molar-refractivity contribution in [3.63, 3.8) is 0 Å². The fourth-order valence-corrected chi connectivity index (χ4v) is 1.93. The molecule has 0 heterocycles. The van der Waals surface area contributed by atoms with Crippen LogP contribution >= 0.6 is 0 Å². The molecule has 0 aliphatic rings. The lowest BCUT2D eigenvalue weighted by Gasteiger charge is -2.16. The van der Waals surface area contributed by atoms with Crippen LogP contribution in [0.2, 0.25) is 0 Å². The molecule has 0 fully saturated rings. The summed E-state index contributed by atoms with van der Waals surface area (Å²) in [5.74, 6) is 0. The summed E-state index contributed by atoms with van der Waals surface area (Å²) >= 11 is 0. The van der Waals surface area contributed by atoms with Gasteiger partial charge in [0.1, 0.15) is 0 Å². The number of rotatable bonds is 2. The Labute approximate surface area is 91.0 Å². The zero-order valence-electron chi connectivity index (χ0n) is 10.1. The van der Waals surface area contributed by atoms with E-state index in [9.17, 15) is 4.79 Å². The molecule has 0 atom stereocenters. The second kappa shape index (κ2) is 4.41. The van der Waals surface area contributed by atoms with Gasteiger partial charge >= 0.3 is 0 Å². The summed E-state index contributed by atoms with van der Waals surface area (Å²) in [7, 11) is 0. The summed E-state index contributed by atoms with van der Waals surface area (Å²) < 4.78 is 0. The summed E-state index contributed by atoms with van der Waals surface area (Å²) in [4.78, 5) is 13.8. The molecule has 0 N–H and O–H groups in total. The number of aliphatic imine (C=N–C) groups is 1. The Balaban J connectivity index is 3.44. The van der Waals surface area contributed by atoms with Crippen LogP contribution in [0.15, 0.2) is 4.99 Å². The van der Waals surface area contributed by atoms with Crippen LogP contribution < -0.4 is 0 Å². The molecule has 1 rings (SSSR count). The molecule has 0 aliphatic carbocycles. The van der Waals surface area contributed by atoms with E-state index < -0.39 is 0 Å². The fourth-order valence-electron chi connectivity index (χ4n) is 1.93. The first kappa shape index (κ1) is 11.7. The molecule has 0 spiro atoms. The summed E-state index contributed by atoms with van der Waals surface area (Å²) in [5.41, 5.74) is 7.59. The van der Waals surface area contributed by atoms with E-state index in [1.54, 1.807) is 6.08 Å². The molecule has 0 saturated heterocycles. The van der Waals surface area contributed by atoms with Crippen LogP contribution in [0.1, 0.15) is 33.4 Å². The van der Waals surface area contributed by atoms with Crippen molar-refractivity contribution < 1.29 is 4.79 Å². The van der Waals surface area contributed by atoms with Crippen molar-refractivity contribution in [2.45, 2.75) is 41.2 Å². The molecule has 1 aromatic rings. The van der Waals surface area contributed by atoms with Gasteiger partial charge in [0, 0.05) is 0 Å². The monoisotopic (exact) mass is 203 g/mol. The Morgan fingerprint density at radius 2 is 1.27 bits per heavy atom. The quantitative estimate of drug-likeness (QED) is 0.536. The Hall–Kier alpha value is -1.40. The molecule has 0 bridgehead atoms. The maximum Gasteiger partial charge on any atom is 0.235 e. The fraction of sp³-hybridized carbons (Fsp3) is 0.462. The Morgan fingerprint density at radius 3 is 1.67 bits per heavy atom. The molecule has 1 aromatic carbocycles. The Bertz CT molecular complexity index is 411. The van der Waals surface area contributed by atoms with Gasteiger partial charge in [0.05, 0.1) is 6.54 Å². The van der Waals surface area contributed by atoms with Gasteiger partial charge in [-0.2, -0.15) is 0 Å². The van der Waals surface area contributed by atoms with Crippen LogP contribution in [-0.4, -0.2) is 6.08 Å². The SMILES string of the molecule is Cc1c(C)c(C)c(CN=C=O)c(C)c1C. The third-order valence-electron chi connectivity index (χ3n) is 3.46.